The van der Waals surface area contributed by atoms with Crippen molar-refractivity contribution in [2.24, 2.45) is 0 Å². The number of methoxy groups -OCH3 is 1. The molecule has 0 aromatic heterocycles. The number of para-hydroxylation sites is 1. The van der Waals surface area contributed by atoms with E-state index in [4.69, 9.17) is 18.9 Å². The Labute approximate surface area is 214 Å². The van der Waals surface area contributed by atoms with Crippen LogP contribution in [0, 0.1) is 0 Å². The molecule has 1 aliphatic heterocycles. The van der Waals surface area contributed by atoms with Gasteiger partial charge in [0.15, 0.2) is 11.5 Å². The highest BCUT2D eigenvalue weighted by Crippen LogP contribution is 2.30. The molecule has 1 fully saturated rings. The Morgan fingerprint density at radius 2 is 1.54 bits per heavy atom. The molecule has 3 aromatic carbocycles. The molecule has 1 heterocycles. The van der Waals surface area contributed by atoms with Crippen LogP contribution in [-0.2, 0) is 9.59 Å². The third-order valence-corrected chi connectivity index (χ3v) is 5.36. The van der Waals surface area contributed by atoms with Crippen LogP contribution in [0.2, 0.25) is 0 Å². The minimum atomic E-state index is -0.825. The van der Waals surface area contributed by atoms with E-state index in [1.807, 2.05) is 37.3 Å². The third kappa shape index (κ3) is 6.07. The molecule has 0 spiro atoms. The van der Waals surface area contributed by atoms with E-state index >= 15 is 0 Å². The van der Waals surface area contributed by atoms with Crippen molar-refractivity contribution in [3.63, 3.8) is 0 Å². The molecule has 3 aromatic rings. The van der Waals surface area contributed by atoms with E-state index in [1.165, 1.54) is 13.2 Å². The quantitative estimate of drug-likeness (QED) is 0.252. The summed E-state index contributed by atoms with van der Waals surface area (Å²) >= 11 is 0. The average Bonchev–Trinajstić information content (AvgIpc) is 2.91. The van der Waals surface area contributed by atoms with E-state index in [2.05, 4.69) is 5.32 Å². The van der Waals surface area contributed by atoms with Crippen LogP contribution in [0.1, 0.15) is 12.5 Å². The minimum Gasteiger partial charge on any atom is -0.497 e. The number of hydrogen-bond acceptors (Lipinski definition) is 7. The highest BCUT2D eigenvalue weighted by atomic mass is 16.5. The Hall–Kier alpha value is -4.79. The van der Waals surface area contributed by atoms with Gasteiger partial charge in [-0.15, -0.1) is 0 Å². The van der Waals surface area contributed by atoms with Crippen LogP contribution in [0.5, 0.6) is 23.0 Å². The zero-order valence-electron chi connectivity index (χ0n) is 20.4. The van der Waals surface area contributed by atoms with Crippen LogP contribution in [0.3, 0.4) is 0 Å². The smallest absolute Gasteiger partial charge is 0.335 e. The summed E-state index contributed by atoms with van der Waals surface area (Å²) in [5.74, 6) is 0.735. The summed E-state index contributed by atoms with van der Waals surface area (Å²) in [6, 6.07) is 20.0. The highest BCUT2D eigenvalue weighted by Gasteiger charge is 2.36. The molecule has 9 heteroatoms. The fraction of sp³-hybridized carbons (Fsp3) is 0.179. The van der Waals surface area contributed by atoms with Crippen molar-refractivity contribution >= 4 is 29.6 Å². The molecule has 0 bridgehead atoms. The first-order chi connectivity index (χ1) is 18.0. The largest absolute Gasteiger partial charge is 0.497 e. The standard InChI is InChI=1S/C28H26N2O7/c1-3-35-25-18-19(9-14-24(25)37-16-15-36-22-7-5-4-6-8-22)17-23-26(31)29-28(33)30(27(23)32)20-10-12-21(34-2)13-11-20/h4-14,17-18H,3,15-16H2,1-2H3,(H,29,31,33)/b23-17-. The van der Waals surface area contributed by atoms with Gasteiger partial charge in [0.05, 0.1) is 19.4 Å². The molecule has 190 valence electrons. The first kappa shape index (κ1) is 25.3. The molecular formula is C28H26N2O7. The number of carbonyl (C=O) groups excluding carboxylic acids is 3. The van der Waals surface area contributed by atoms with Crippen LogP contribution in [0.4, 0.5) is 10.5 Å². The number of amides is 4. The van der Waals surface area contributed by atoms with Crippen LogP contribution >= 0.6 is 0 Å². The number of benzene rings is 3. The number of rotatable bonds is 10. The lowest BCUT2D eigenvalue weighted by molar-refractivity contribution is -0.122. The third-order valence-electron chi connectivity index (χ3n) is 5.36. The zero-order chi connectivity index (χ0) is 26.2. The predicted molar refractivity (Wildman–Crippen MR) is 137 cm³/mol. The summed E-state index contributed by atoms with van der Waals surface area (Å²) in [5.41, 5.74) is 0.639. The van der Waals surface area contributed by atoms with Crippen molar-refractivity contribution in [2.45, 2.75) is 6.92 Å². The second-order valence-corrected chi connectivity index (χ2v) is 7.81. The molecule has 37 heavy (non-hydrogen) atoms. The first-order valence-corrected chi connectivity index (χ1v) is 11.6. The topological polar surface area (TPSA) is 103 Å². The van der Waals surface area contributed by atoms with Gasteiger partial charge in [0.1, 0.15) is 30.3 Å². The molecule has 1 N–H and O–H groups in total. The van der Waals surface area contributed by atoms with Gasteiger partial charge in [-0.05, 0) is 67.1 Å². The number of nitrogens with zero attached hydrogens (tertiary/aromatic N) is 1. The summed E-state index contributed by atoms with van der Waals surface area (Å²) in [4.78, 5) is 39.0. The normalized spacial score (nSPS) is 14.4. The molecule has 0 aliphatic carbocycles. The molecule has 0 unspecified atom stereocenters. The summed E-state index contributed by atoms with van der Waals surface area (Å²) < 4.78 is 22.3. The van der Waals surface area contributed by atoms with Gasteiger partial charge in [0.2, 0.25) is 0 Å². The van der Waals surface area contributed by atoms with Gasteiger partial charge in [-0.25, -0.2) is 9.69 Å². The second kappa shape index (κ2) is 11.8. The number of imide groups is 2. The van der Waals surface area contributed by atoms with E-state index in [0.717, 1.165) is 10.6 Å². The van der Waals surface area contributed by atoms with E-state index in [1.54, 1.807) is 42.5 Å². The van der Waals surface area contributed by atoms with Gasteiger partial charge in [-0.3, -0.25) is 14.9 Å². The fourth-order valence-corrected chi connectivity index (χ4v) is 3.62. The Morgan fingerprint density at radius 1 is 0.811 bits per heavy atom. The SMILES string of the molecule is CCOc1cc(/C=C2/C(=O)NC(=O)N(c3ccc(OC)cc3)C2=O)ccc1OCCOc1ccccc1. The Morgan fingerprint density at radius 3 is 2.24 bits per heavy atom. The second-order valence-electron chi connectivity index (χ2n) is 7.81. The molecule has 9 nitrogen and oxygen atoms in total. The summed E-state index contributed by atoms with van der Waals surface area (Å²) in [7, 11) is 1.51. The lowest BCUT2D eigenvalue weighted by atomic mass is 10.1. The van der Waals surface area contributed by atoms with E-state index in [9.17, 15) is 14.4 Å². The lowest BCUT2D eigenvalue weighted by Crippen LogP contribution is -2.54. The average molecular weight is 503 g/mol. The number of nitrogens with one attached hydrogen (secondary N) is 1. The van der Waals surface area contributed by atoms with Crippen molar-refractivity contribution in [3.05, 3.63) is 83.9 Å². The molecule has 1 saturated heterocycles. The van der Waals surface area contributed by atoms with E-state index in [-0.39, 0.29) is 12.2 Å². The lowest BCUT2D eigenvalue weighted by Gasteiger charge is -2.26. The molecule has 0 saturated carbocycles. The number of ether oxygens (including phenoxy) is 4. The van der Waals surface area contributed by atoms with Gasteiger partial charge in [0.25, 0.3) is 11.8 Å². The van der Waals surface area contributed by atoms with Gasteiger partial charge < -0.3 is 18.9 Å². The van der Waals surface area contributed by atoms with Gasteiger partial charge >= 0.3 is 6.03 Å². The van der Waals surface area contributed by atoms with Crippen molar-refractivity contribution in [1.29, 1.82) is 0 Å². The Bertz CT molecular complexity index is 1300. The fourth-order valence-electron chi connectivity index (χ4n) is 3.62. The molecular weight excluding hydrogens is 476 g/mol. The molecule has 4 rings (SSSR count). The molecule has 0 radical (unpaired) electrons. The zero-order valence-corrected chi connectivity index (χ0v) is 20.4. The van der Waals surface area contributed by atoms with Crippen LogP contribution in [-0.4, -0.2) is 44.8 Å². The molecule has 1 aliphatic rings. The maximum Gasteiger partial charge on any atom is 0.335 e. The highest BCUT2D eigenvalue weighted by molar-refractivity contribution is 6.39. The maximum atomic E-state index is 13.1. The predicted octanol–water partition coefficient (Wildman–Crippen LogP) is 4.22. The summed E-state index contributed by atoms with van der Waals surface area (Å²) in [6.07, 6.45) is 1.41. The van der Waals surface area contributed by atoms with Crippen LogP contribution < -0.4 is 29.2 Å². The number of urea groups is 1. The molecule has 4 amide bonds. The number of barbiturate groups is 1. The minimum absolute atomic E-state index is 0.192. The number of anilines is 1. The summed E-state index contributed by atoms with van der Waals surface area (Å²) in [6.45, 7) is 2.85. The van der Waals surface area contributed by atoms with Gasteiger partial charge in [-0.1, -0.05) is 24.3 Å². The van der Waals surface area contributed by atoms with Crippen LogP contribution in [0.15, 0.2) is 78.4 Å². The Kier molecular flexibility index (Phi) is 8.05. The van der Waals surface area contributed by atoms with Gasteiger partial charge in [-0.2, -0.15) is 0 Å². The van der Waals surface area contributed by atoms with E-state index in [0.29, 0.717) is 41.7 Å². The Balaban J connectivity index is 1.51. The number of hydrogen-bond donors (Lipinski definition) is 1. The van der Waals surface area contributed by atoms with Crippen LogP contribution in [0.25, 0.3) is 6.08 Å². The van der Waals surface area contributed by atoms with Gasteiger partial charge in [0, 0.05) is 0 Å². The maximum absolute atomic E-state index is 13.1. The first-order valence-electron chi connectivity index (χ1n) is 11.6. The van der Waals surface area contributed by atoms with Crippen molar-refractivity contribution < 1.29 is 33.3 Å². The van der Waals surface area contributed by atoms with E-state index < -0.39 is 17.8 Å². The van der Waals surface area contributed by atoms with Crippen molar-refractivity contribution in [1.82, 2.24) is 5.32 Å². The number of carbonyl (C=O) groups is 3. The van der Waals surface area contributed by atoms with Crippen molar-refractivity contribution in [3.8, 4) is 23.0 Å². The monoisotopic (exact) mass is 502 g/mol. The summed E-state index contributed by atoms with van der Waals surface area (Å²) in [5, 5.41) is 2.21. The molecule has 0 atom stereocenters. The van der Waals surface area contributed by atoms with Crippen molar-refractivity contribution in [2.75, 3.05) is 31.8 Å².